The Morgan fingerprint density at radius 3 is 1.14 bits per heavy atom. The summed E-state index contributed by atoms with van der Waals surface area (Å²) in [5, 5.41) is 0. The van der Waals surface area contributed by atoms with Crippen LogP contribution in [0.5, 0.6) is 0 Å². The molecule has 0 N–H and O–H groups in total. The molecule has 1 heterocycles. The average molecular weight is 224 g/mol. The van der Waals surface area contributed by atoms with Crippen molar-refractivity contribution in [1.82, 2.24) is 0 Å². The highest BCUT2D eigenvalue weighted by atomic mass is 19.3. The fourth-order valence-electron chi connectivity index (χ4n) is 0.822. The van der Waals surface area contributed by atoms with Crippen LogP contribution in [0.15, 0.2) is 0 Å². The van der Waals surface area contributed by atoms with Crippen molar-refractivity contribution in [1.29, 1.82) is 0 Å². The zero-order valence-electron chi connectivity index (χ0n) is 7.08. The van der Waals surface area contributed by atoms with E-state index in [0.717, 1.165) is 0 Å². The van der Waals surface area contributed by atoms with Crippen LogP contribution >= 0.6 is 0 Å². The Hall–Kier alpha value is -0.500. The van der Waals surface area contributed by atoms with Crippen molar-refractivity contribution in [3.63, 3.8) is 0 Å². The Kier molecular flexibility index (Phi) is 2.10. The molecule has 8 heteroatoms. The van der Waals surface area contributed by atoms with E-state index in [0.29, 0.717) is 0 Å². The third-order valence-corrected chi connectivity index (χ3v) is 1.68. The first-order valence-electron chi connectivity index (χ1n) is 3.45. The molecule has 0 aromatic heterocycles. The molecule has 2 nitrogen and oxygen atoms in total. The fourth-order valence-corrected chi connectivity index (χ4v) is 0.822. The number of halogens is 6. The summed E-state index contributed by atoms with van der Waals surface area (Å²) in [7, 11) is 0. The van der Waals surface area contributed by atoms with Gasteiger partial charge in [0.15, 0.2) is 0 Å². The zero-order valence-corrected chi connectivity index (χ0v) is 7.08. The maximum atomic E-state index is 12.8. The lowest BCUT2D eigenvalue weighted by Crippen LogP contribution is -2.65. The van der Waals surface area contributed by atoms with Crippen LogP contribution in [-0.4, -0.2) is 23.9 Å². The van der Waals surface area contributed by atoms with E-state index < -0.39 is 23.9 Å². The van der Waals surface area contributed by atoms with E-state index in [1.165, 1.54) is 0 Å². The maximum Gasteiger partial charge on any atom is 0.419 e. The van der Waals surface area contributed by atoms with Crippen molar-refractivity contribution >= 4 is 0 Å². The van der Waals surface area contributed by atoms with Crippen molar-refractivity contribution < 1.29 is 35.8 Å². The van der Waals surface area contributed by atoms with E-state index in [2.05, 4.69) is 9.47 Å². The van der Waals surface area contributed by atoms with E-state index >= 15 is 0 Å². The van der Waals surface area contributed by atoms with Crippen molar-refractivity contribution in [2.45, 2.75) is 37.8 Å². The lowest BCUT2D eigenvalue weighted by molar-refractivity contribution is -0.557. The van der Waals surface area contributed by atoms with E-state index in [-0.39, 0.29) is 13.8 Å². The molecule has 2 atom stereocenters. The van der Waals surface area contributed by atoms with Crippen molar-refractivity contribution in [2.75, 3.05) is 0 Å². The Bertz CT molecular complexity index is 199. The second-order valence-corrected chi connectivity index (χ2v) is 3.07. The van der Waals surface area contributed by atoms with Gasteiger partial charge in [0, 0.05) is 13.8 Å². The van der Waals surface area contributed by atoms with Crippen LogP contribution in [0.1, 0.15) is 13.8 Å². The molecule has 0 amide bonds. The number of rotatable bonds is 0. The van der Waals surface area contributed by atoms with Crippen molar-refractivity contribution in [2.24, 2.45) is 0 Å². The summed E-state index contributed by atoms with van der Waals surface area (Å²) in [6, 6.07) is 0. The molecule has 1 rings (SSSR count). The minimum absolute atomic E-state index is 0.0973. The fraction of sp³-hybridized carbons (Fsp3) is 1.00. The Balaban J connectivity index is 3.07. The van der Waals surface area contributed by atoms with Crippen LogP contribution in [0.2, 0.25) is 0 Å². The van der Waals surface area contributed by atoms with Gasteiger partial charge in [-0.05, 0) is 0 Å². The highest BCUT2D eigenvalue weighted by Gasteiger charge is 2.74. The van der Waals surface area contributed by atoms with Gasteiger partial charge in [-0.15, -0.1) is 0 Å². The minimum Gasteiger partial charge on any atom is -0.295 e. The third-order valence-electron chi connectivity index (χ3n) is 1.68. The monoisotopic (exact) mass is 224 g/mol. The minimum atomic E-state index is -4.91. The third kappa shape index (κ3) is 1.46. The van der Waals surface area contributed by atoms with Crippen molar-refractivity contribution in [3.8, 4) is 0 Å². The second kappa shape index (κ2) is 2.54. The Labute approximate surface area is 74.8 Å². The van der Waals surface area contributed by atoms with Gasteiger partial charge in [0.2, 0.25) is 0 Å². The smallest absolute Gasteiger partial charge is 0.295 e. The van der Waals surface area contributed by atoms with Gasteiger partial charge in [-0.25, -0.2) is 13.5 Å². The molecule has 1 aliphatic heterocycles. The van der Waals surface area contributed by atoms with Gasteiger partial charge < -0.3 is 0 Å². The normalized spacial score (nSPS) is 46.3. The molecule has 0 aromatic rings. The van der Waals surface area contributed by atoms with Crippen LogP contribution in [0.3, 0.4) is 0 Å². The van der Waals surface area contributed by atoms with E-state index in [1.54, 1.807) is 0 Å². The topological polar surface area (TPSA) is 18.5 Å². The average Bonchev–Trinajstić information content (AvgIpc) is 1.78. The zero-order chi connectivity index (χ0) is 11.4. The largest absolute Gasteiger partial charge is 0.419 e. The first kappa shape index (κ1) is 11.6. The number of hydrogen-bond donors (Lipinski definition) is 0. The number of hydrogen-bond acceptors (Lipinski definition) is 2. The Morgan fingerprint density at radius 1 is 0.643 bits per heavy atom. The van der Waals surface area contributed by atoms with Crippen molar-refractivity contribution in [3.05, 3.63) is 0 Å². The molecule has 0 saturated carbocycles. The van der Waals surface area contributed by atoms with Crippen LogP contribution in [-0.2, 0) is 9.47 Å². The lowest BCUT2D eigenvalue weighted by atomic mass is 10.2. The molecular formula is C6H6F6O2. The molecular weight excluding hydrogens is 218 g/mol. The SMILES string of the molecule is CC1(F)OC(C)(F)C(F)(F)OC1(F)F. The van der Waals surface area contributed by atoms with E-state index in [1.807, 2.05) is 0 Å². The Morgan fingerprint density at radius 2 is 0.929 bits per heavy atom. The van der Waals surface area contributed by atoms with Crippen LogP contribution < -0.4 is 0 Å². The number of alkyl halides is 6. The van der Waals surface area contributed by atoms with Gasteiger partial charge in [-0.3, -0.25) is 4.74 Å². The highest BCUT2D eigenvalue weighted by molar-refractivity contribution is 4.88. The summed E-state index contributed by atoms with van der Waals surface area (Å²) in [6.45, 7) is 0.195. The lowest BCUT2D eigenvalue weighted by Gasteiger charge is -2.43. The van der Waals surface area contributed by atoms with Gasteiger partial charge in [0.05, 0.1) is 0 Å². The summed E-state index contributed by atoms with van der Waals surface area (Å²) in [4.78, 5) is 0. The first-order valence-corrected chi connectivity index (χ1v) is 3.45. The van der Waals surface area contributed by atoms with Crippen LogP contribution in [0.4, 0.5) is 26.3 Å². The van der Waals surface area contributed by atoms with Gasteiger partial charge in [0.1, 0.15) is 0 Å². The highest BCUT2D eigenvalue weighted by Crippen LogP contribution is 2.51. The molecule has 14 heavy (non-hydrogen) atoms. The molecule has 0 spiro atoms. The molecule has 0 aliphatic carbocycles. The molecule has 1 fully saturated rings. The predicted octanol–water partition coefficient (Wildman–Crippen LogP) is 2.59. The molecule has 0 bridgehead atoms. The summed E-state index contributed by atoms with van der Waals surface area (Å²) in [5.74, 6) is -7.89. The van der Waals surface area contributed by atoms with E-state index in [9.17, 15) is 26.3 Å². The molecule has 1 aliphatic rings. The summed E-state index contributed by atoms with van der Waals surface area (Å²) < 4.78 is 81.5. The summed E-state index contributed by atoms with van der Waals surface area (Å²) >= 11 is 0. The second-order valence-electron chi connectivity index (χ2n) is 3.07. The predicted molar refractivity (Wildman–Crippen MR) is 31.1 cm³/mol. The summed E-state index contributed by atoms with van der Waals surface area (Å²) in [6.07, 6.45) is -9.83. The standard InChI is InChI=1S/C6H6F6O2/c1-3(7)5(9,10)14-6(11,12)4(2,8)13-3/h1-2H3. The number of ether oxygens (including phenoxy) is 2. The first-order chi connectivity index (χ1) is 5.91. The van der Waals surface area contributed by atoms with Gasteiger partial charge in [-0.1, -0.05) is 0 Å². The molecule has 0 aromatic carbocycles. The van der Waals surface area contributed by atoms with Gasteiger partial charge >= 0.3 is 23.9 Å². The summed E-state index contributed by atoms with van der Waals surface area (Å²) in [5.41, 5.74) is 0. The molecule has 1 saturated heterocycles. The quantitative estimate of drug-likeness (QED) is 0.589. The molecule has 84 valence electrons. The maximum absolute atomic E-state index is 12.8. The van der Waals surface area contributed by atoms with Gasteiger partial charge in [0.25, 0.3) is 0 Å². The van der Waals surface area contributed by atoms with E-state index in [4.69, 9.17) is 0 Å². The van der Waals surface area contributed by atoms with Gasteiger partial charge in [-0.2, -0.15) is 17.6 Å². The van der Waals surface area contributed by atoms with Crippen LogP contribution in [0.25, 0.3) is 0 Å². The molecule has 2 unspecified atom stereocenters. The van der Waals surface area contributed by atoms with Crippen LogP contribution in [0, 0.1) is 0 Å². The molecule has 0 radical (unpaired) electrons.